The quantitative estimate of drug-likeness (QED) is 0.0383. The predicted octanol–water partition coefficient (Wildman–Crippen LogP) is 14.5. The van der Waals surface area contributed by atoms with Crippen LogP contribution in [0.2, 0.25) is 0 Å². The molecule has 1 N–H and O–H groups in total. The summed E-state index contributed by atoms with van der Waals surface area (Å²) >= 11 is 0. The maximum atomic E-state index is 12.2. The van der Waals surface area contributed by atoms with Gasteiger partial charge in [0.05, 0.1) is 6.61 Å². The molecule has 5 heteroatoms. The van der Waals surface area contributed by atoms with Crippen LogP contribution in [0.5, 0.6) is 0 Å². The molecule has 5 nitrogen and oxygen atoms in total. The molecule has 0 spiro atoms. The van der Waals surface area contributed by atoms with E-state index >= 15 is 0 Å². The van der Waals surface area contributed by atoms with Crippen LogP contribution in [-0.4, -0.2) is 36.4 Å². The largest absolute Gasteiger partial charge is 0.462 e. The minimum atomic E-state index is -0.813. The molecular weight excluding hydrogens is 669 g/mol. The van der Waals surface area contributed by atoms with Crippen LogP contribution in [0.1, 0.15) is 206 Å². The van der Waals surface area contributed by atoms with Crippen molar-refractivity contribution >= 4 is 11.9 Å². The van der Waals surface area contributed by atoms with Gasteiger partial charge in [-0.05, 0) is 70.6 Å². The summed E-state index contributed by atoms with van der Waals surface area (Å²) in [7, 11) is 0. The lowest BCUT2D eigenvalue weighted by atomic mass is 10.0. The van der Waals surface area contributed by atoms with E-state index in [2.05, 4.69) is 86.8 Å². The van der Waals surface area contributed by atoms with Gasteiger partial charge in [0, 0.05) is 12.8 Å². The number of ether oxygens (including phenoxy) is 2. The zero-order valence-corrected chi connectivity index (χ0v) is 35.2. The van der Waals surface area contributed by atoms with Crippen LogP contribution in [0.4, 0.5) is 0 Å². The van der Waals surface area contributed by atoms with E-state index in [1.807, 2.05) is 0 Å². The Morgan fingerprint density at radius 3 is 1.22 bits per heavy atom. The number of aliphatic hydroxyl groups is 1. The third-order valence-corrected chi connectivity index (χ3v) is 9.48. The normalized spacial score (nSPS) is 12.9. The van der Waals surface area contributed by atoms with E-state index in [-0.39, 0.29) is 25.2 Å². The molecule has 0 amide bonds. The fourth-order valence-corrected chi connectivity index (χ4v) is 6.12. The van der Waals surface area contributed by atoms with Crippen LogP contribution in [0, 0.1) is 0 Å². The summed E-state index contributed by atoms with van der Waals surface area (Å²) in [5, 5.41) is 9.57. The molecule has 0 aromatic carbocycles. The predicted molar refractivity (Wildman–Crippen MR) is 233 cm³/mol. The van der Waals surface area contributed by atoms with Gasteiger partial charge in [-0.2, -0.15) is 0 Å². The third-order valence-electron chi connectivity index (χ3n) is 9.48. The van der Waals surface area contributed by atoms with E-state index < -0.39 is 6.10 Å². The summed E-state index contributed by atoms with van der Waals surface area (Å²) in [5.74, 6) is -0.697. The van der Waals surface area contributed by atoms with Crippen molar-refractivity contribution in [3.05, 3.63) is 72.9 Å². The van der Waals surface area contributed by atoms with E-state index in [1.165, 1.54) is 116 Å². The van der Waals surface area contributed by atoms with Crippen LogP contribution in [0.25, 0.3) is 0 Å². The Kier molecular flexibility index (Phi) is 42.5. The van der Waals surface area contributed by atoms with E-state index in [9.17, 15) is 14.7 Å². The number of aliphatic hydroxyl groups excluding tert-OH is 1. The topological polar surface area (TPSA) is 72.8 Å². The number of hydrogen-bond acceptors (Lipinski definition) is 5. The van der Waals surface area contributed by atoms with Gasteiger partial charge in [-0.15, -0.1) is 0 Å². The van der Waals surface area contributed by atoms with Crippen molar-refractivity contribution in [2.45, 2.75) is 213 Å². The van der Waals surface area contributed by atoms with E-state index in [0.717, 1.165) is 51.4 Å². The minimum absolute atomic E-state index is 0.109. The van der Waals surface area contributed by atoms with Crippen LogP contribution in [0.15, 0.2) is 72.9 Å². The average molecular weight is 753 g/mol. The van der Waals surface area contributed by atoms with Crippen molar-refractivity contribution in [3.63, 3.8) is 0 Å². The third kappa shape index (κ3) is 42.1. The Balaban J connectivity index is 3.62. The Hall–Kier alpha value is -2.66. The standard InChI is InChI=1S/C49H84O5/c1-3-5-7-9-11-13-15-17-19-21-22-23-24-25-26-28-30-32-34-36-38-40-42-44-49(52)54-47(45-50)46-53-48(51)43-41-39-37-35-33-31-29-27-20-18-16-14-12-10-8-6-4-2/h6,8,12,14,18,20,29,31,35-38,47,50H,3-5,7,9-11,13,15-17,19,21-28,30,32-34,39-46H2,1-2H3/b8-6+,14-12+,20-18+,31-29+,37-35+,38-36+/t47-/m0/s1. The zero-order chi connectivity index (χ0) is 39.3. The summed E-state index contributed by atoms with van der Waals surface area (Å²) < 4.78 is 10.6. The molecule has 0 unspecified atom stereocenters. The first kappa shape index (κ1) is 51.3. The maximum absolute atomic E-state index is 12.2. The first-order valence-electron chi connectivity index (χ1n) is 22.5. The summed E-state index contributed by atoms with van der Waals surface area (Å²) in [6.07, 6.45) is 60.0. The van der Waals surface area contributed by atoms with Gasteiger partial charge in [-0.25, -0.2) is 0 Å². The first-order valence-corrected chi connectivity index (χ1v) is 22.5. The fraction of sp³-hybridized carbons (Fsp3) is 0.714. The van der Waals surface area contributed by atoms with Crippen molar-refractivity contribution in [2.75, 3.05) is 13.2 Å². The molecule has 0 heterocycles. The molecule has 1 atom stereocenters. The van der Waals surface area contributed by atoms with Crippen LogP contribution < -0.4 is 0 Å². The fourth-order valence-electron chi connectivity index (χ4n) is 6.12. The number of allylic oxidation sites excluding steroid dienone is 12. The van der Waals surface area contributed by atoms with Gasteiger partial charge in [0.25, 0.3) is 0 Å². The van der Waals surface area contributed by atoms with Gasteiger partial charge in [0.1, 0.15) is 6.61 Å². The smallest absolute Gasteiger partial charge is 0.306 e. The average Bonchev–Trinajstić information content (AvgIpc) is 3.17. The number of esters is 2. The molecular formula is C49H84O5. The van der Waals surface area contributed by atoms with Gasteiger partial charge in [0.2, 0.25) is 0 Å². The van der Waals surface area contributed by atoms with Crippen LogP contribution >= 0.6 is 0 Å². The van der Waals surface area contributed by atoms with Crippen LogP contribution in [-0.2, 0) is 19.1 Å². The number of rotatable bonds is 40. The van der Waals surface area contributed by atoms with Crippen molar-refractivity contribution in [1.29, 1.82) is 0 Å². The molecule has 54 heavy (non-hydrogen) atoms. The second-order valence-electron chi connectivity index (χ2n) is 14.7. The summed E-state index contributed by atoms with van der Waals surface area (Å²) in [6, 6.07) is 0. The molecule has 0 bridgehead atoms. The molecule has 0 aromatic rings. The highest BCUT2D eigenvalue weighted by molar-refractivity contribution is 5.70. The maximum Gasteiger partial charge on any atom is 0.306 e. The Morgan fingerprint density at radius 1 is 0.444 bits per heavy atom. The minimum Gasteiger partial charge on any atom is -0.462 e. The van der Waals surface area contributed by atoms with Gasteiger partial charge >= 0.3 is 11.9 Å². The van der Waals surface area contributed by atoms with Gasteiger partial charge in [0.15, 0.2) is 6.10 Å². The lowest BCUT2D eigenvalue weighted by Gasteiger charge is -2.15. The molecule has 0 rings (SSSR count). The van der Waals surface area contributed by atoms with Gasteiger partial charge < -0.3 is 14.6 Å². The monoisotopic (exact) mass is 753 g/mol. The molecule has 0 fully saturated rings. The van der Waals surface area contributed by atoms with Crippen molar-refractivity contribution in [2.24, 2.45) is 0 Å². The second-order valence-corrected chi connectivity index (χ2v) is 14.7. The Labute approximate surface area is 333 Å². The lowest BCUT2D eigenvalue weighted by molar-refractivity contribution is -0.161. The molecule has 0 aliphatic rings. The molecule has 0 saturated carbocycles. The highest BCUT2D eigenvalue weighted by Gasteiger charge is 2.15. The van der Waals surface area contributed by atoms with Gasteiger partial charge in [-0.3, -0.25) is 9.59 Å². The number of carbonyl (C=O) groups is 2. The van der Waals surface area contributed by atoms with Crippen LogP contribution in [0.3, 0.4) is 0 Å². The second kappa shape index (κ2) is 44.7. The van der Waals surface area contributed by atoms with E-state index in [1.54, 1.807) is 0 Å². The lowest BCUT2D eigenvalue weighted by Crippen LogP contribution is -2.28. The highest BCUT2D eigenvalue weighted by atomic mass is 16.6. The van der Waals surface area contributed by atoms with Gasteiger partial charge in [-0.1, -0.05) is 196 Å². The summed E-state index contributed by atoms with van der Waals surface area (Å²) in [5.41, 5.74) is 0. The Morgan fingerprint density at radius 2 is 0.796 bits per heavy atom. The molecule has 0 aliphatic carbocycles. The number of unbranched alkanes of at least 4 members (excludes halogenated alkanes) is 20. The van der Waals surface area contributed by atoms with E-state index in [0.29, 0.717) is 25.7 Å². The SMILES string of the molecule is CC/C=C/C/C=C/C/C=C/C/C=C/C/C=C/CCCC(=O)OC[C@H](CO)OC(=O)CCC/C=C/CCCCCCCCCCCCCCCCCCCC. The molecule has 0 radical (unpaired) electrons. The first-order chi connectivity index (χ1) is 26.6. The summed E-state index contributed by atoms with van der Waals surface area (Å²) in [6.45, 7) is 3.96. The van der Waals surface area contributed by atoms with Crippen molar-refractivity contribution in [3.8, 4) is 0 Å². The molecule has 0 aromatic heterocycles. The van der Waals surface area contributed by atoms with E-state index in [4.69, 9.17) is 9.47 Å². The molecule has 0 aliphatic heterocycles. The zero-order valence-electron chi connectivity index (χ0n) is 35.2. The molecule has 0 saturated heterocycles. The number of hydrogen-bond donors (Lipinski definition) is 1. The summed E-state index contributed by atoms with van der Waals surface area (Å²) in [4.78, 5) is 24.3. The highest BCUT2D eigenvalue weighted by Crippen LogP contribution is 2.15. The number of carbonyl (C=O) groups excluding carboxylic acids is 2. The van der Waals surface area contributed by atoms with Crippen molar-refractivity contribution < 1.29 is 24.2 Å². The van der Waals surface area contributed by atoms with Crippen molar-refractivity contribution in [1.82, 2.24) is 0 Å². The Bertz CT molecular complexity index is 988. The molecule has 310 valence electrons.